The van der Waals surface area contributed by atoms with Gasteiger partial charge in [-0.05, 0) is 44.1 Å². The lowest BCUT2D eigenvalue weighted by molar-refractivity contribution is -0.138. The first-order chi connectivity index (χ1) is 9.65. The molecule has 0 bridgehead atoms. The van der Waals surface area contributed by atoms with Gasteiger partial charge >= 0.3 is 0 Å². The van der Waals surface area contributed by atoms with Gasteiger partial charge in [-0.2, -0.15) is 0 Å². The van der Waals surface area contributed by atoms with E-state index in [0.717, 1.165) is 39.2 Å². The van der Waals surface area contributed by atoms with Crippen LogP contribution in [0.5, 0.6) is 0 Å². The third kappa shape index (κ3) is 3.19. The maximum Gasteiger partial charge on any atom is 0.123 e. The van der Waals surface area contributed by atoms with Gasteiger partial charge < -0.3 is 9.64 Å². The highest BCUT2D eigenvalue weighted by molar-refractivity contribution is 5.16. The van der Waals surface area contributed by atoms with E-state index in [0.29, 0.717) is 0 Å². The van der Waals surface area contributed by atoms with E-state index in [4.69, 9.17) is 4.74 Å². The van der Waals surface area contributed by atoms with Crippen LogP contribution in [0.25, 0.3) is 0 Å². The van der Waals surface area contributed by atoms with Crippen molar-refractivity contribution in [2.75, 3.05) is 39.8 Å². The molecule has 3 rings (SSSR count). The van der Waals surface area contributed by atoms with Crippen molar-refractivity contribution in [3.8, 4) is 0 Å². The summed E-state index contributed by atoms with van der Waals surface area (Å²) >= 11 is 0. The second-order valence-electron chi connectivity index (χ2n) is 6.21. The Morgan fingerprint density at radius 3 is 2.75 bits per heavy atom. The Morgan fingerprint density at radius 1 is 1.20 bits per heavy atom. The topological polar surface area (TPSA) is 15.7 Å². The number of morpholine rings is 1. The van der Waals surface area contributed by atoms with Crippen LogP contribution in [0.3, 0.4) is 0 Å². The number of rotatable bonds is 2. The van der Waals surface area contributed by atoms with Gasteiger partial charge in [-0.3, -0.25) is 4.90 Å². The predicted octanol–water partition coefficient (Wildman–Crippen LogP) is 2.12. The summed E-state index contributed by atoms with van der Waals surface area (Å²) in [5.74, 6) is -0.166. The van der Waals surface area contributed by atoms with E-state index in [1.54, 1.807) is 12.1 Å². The maximum atomic E-state index is 13.0. The molecule has 0 aromatic heterocycles. The minimum Gasteiger partial charge on any atom is -0.371 e. The van der Waals surface area contributed by atoms with Gasteiger partial charge in [0, 0.05) is 26.2 Å². The number of likely N-dealkylation sites (N-methyl/N-ethyl adjacent to an activating group) is 1. The highest BCUT2D eigenvalue weighted by Gasteiger charge is 2.39. The molecule has 0 amide bonds. The number of hydrogen-bond donors (Lipinski definition) is 0. The average molecular weight is 278 g/mol. The van der Waals surface area contributed by atoms with E-state index < -0.39 is 0 Å². The van der Waals surface area contributed by atoms with Crippen molar-refractivity contribution in [1.29, 1.82) is 0 Å². The maximum absolute atomic E-state index is 13.0. The first-order valence-corrected chi connectivity index (χ1v) is 7.45. The smallest absolute Gasteiger partial charge is 0.123 e. The van der Waals surface area contributed by atoms with Gasteiger partial charge in [-0.15, -0.1) is 0 Å². The van der Waals surface area contributed by atoms with Crippen LogP contribution in [-0.4, -0.2) is 55.2 Å². The van der Waals surface area contributed by atoms with Crippen molar-refractivity contribution in [2.24, 2.45) is 0 Å². The molecular weight excluding hydrogens is 255 g/mol. The van der Waals surface area contributed by atoms with Crippen LogP contribution >= 0.6 is 0 Å². The number of hydrogen-bond acceptors (Lipinski definition) is 3. The lowest BCUT2D eigenvalue weighted by Gasteiger charge is -2.47. The summed E-state index contributed by atoms with van der Waals surface area (Å²) in [5, 5.41) is 0. The molecule has 20 heavy (non-hydrogen) atoms. The first kappa shape index (κ1) is 14.0. The van der Waals surface area contributed by atoms with Crippen molar-refractivity contribution in [3.63, 3.8) is 0 Å². The molecule has 2 fully saturated rings. The summed E-state index contributed by atoms with van der Waals surface area (Å²) in [4.78, 5) is 4.81. The van der Waals surface area contributed by atoms with Crippen LogP contribution in [0.15, 0.2) is 24.3 Å². The fraction of sp³-hybridized carbons (Fsp3) is 0.625. The predicted molar refractivity (Wildman–Crippen MR) is 77.1 cm³/mol. The Labute approximate surface area is 120 Å². The minimum absolute atomic E-state index is 0.00524. The van der Waals surface area contributed by atoms with Crippen molar-refractivity contribution >= 4 is 0 Å². The second-order valence-corrected chi connectivity index (χ2v) is 6.21. The van der Waals surface area contributed by atoms with E-state index in [9.17, 15) is 4.39 Å². The number of likely N-dealkylation sites (tertiary alicyclic amines) is 1. The van der Waals surface area contributed by atoms with Gasteiger partial charge in [-0.1, -0.05) is 12.1 Å². The molecule has 1 aromatic carbocycles. The van der Waals surface area contributed by atoms with E-state index >= 15 is 0 Å². The Hall–Kier alpha value is -0.970. The monoisotopic (exact) mass is 278 g/mol. The summed E-state index contributed by atoms with van der Waals surface area (Å²) in [6.07, 6.45) is 2.36. The molecule has 0 aliphatic carbocycles. The molecule has 2 saturated heterocycles. The largest absolute Gasteiger partial charge is 0.371 e. The number of halogens is 1. The van der Waals surface area contributed by atoms with Gasteiger partial charge in [0.15, 0.2) is 0 Å². The number of benzene rings is 1. The summed E-state index contributed by atoms with van der Waals surface area (Å²) in [5.41, 5.74) is 1.18. The molecule has 0 N–H and O–H groups in total. The van der Waals surface area contributed by atoms with Crippen molar-refractivity contribution < 1.29 is 9.13 Å². The fourth-order valence-corrected chi connectivity index (χ4v) is 3.47. The zero-order valence-electron chi connectivity index (χ0n) is 12.1. The Kier molecular flexibility index (Phi) is 4.06. The molecule has 2 aliphatic rings. The number of ether oxygens (including phenoxy) is 1. The third-order valence-electron chi connectivity index (χ3n) is 4.38. The van der Waals surface area contributed by atoms with Gasteiger partial charge in [0.05, 0.1) is 12.2 Å². The highest BCUT2D eigenvalue weighted by atomic mass is 19.1. The van der Waals surface area contributed by atoms with E-state index in [-0.39, 0.29) is 11.4 Å². The Balaban J connectivity index is 1.64. The molecule has 3 nitrogen and oxygen atoms in total. The number of piperidine rings is 1. The van der Waals surface area contributed by atoms with Crippen molar-refractivity contribution in [1.82, 2.24) is 9.80 Å². The van der Waals surface area contributed by atoms with Crippen molar-refractivity contribution in [2.45, 2.75) is 25.0 Å². The van der Waals surface area contributed by atoms with E-state index in [2.05, 4.69) is 16.8 Å². The normalized spacial score (nSPS) is 28.9. The fourth-order valence-electron chi connectivity index (χ4n) is 3.47. The molecule has 4 heteroatoms. The zero-order chi connectivity index (χ0) is 14.0. The molecule has 1 spiro atoms. The van der Waals surface area contributed by atoms with Crippen LogP contribution in [0, 0.1) is 5.82 Å². The molecule has 1 atom stereocenters. The van der Waals surface area contributed by atoms with Crippen molar-refractivity contribution in [3.05, 3.63) is 35.6 Å². The van der Waals surface area contributed by atoms with Crippen LogP contribution in [-0.2, 0) is 11.3 Å². The quantitative estimate of drug-likeness (QED) is 0.824. The first-order valence-electron chi connectivity index (χ1n) is 7.45. The average Bonchev–Trinajstić information content (AvgIpc) is 2.41. The lowest BCUT2D eigenvalue weighted by atomic mass is 9.91. The SMILES string of the molecule is CN1CCC[C@@]2(C1)CN(Cc1ccc(F)cc1)CCO2. The van der Waals surface area contributed by atoms with Gasteiger partial charge in [0.25, 0.3) is 0 Å². The molecule has 1 aromatic rings. The minimum atomic E-state index is -0.166. The second kappa shape index (κ2) is 5.80. The summed E-state index contributed by atoms with van der Waals surface area (Å²) in [6.45, 7) is 5.82. The Bertz CT molecular complexity index is 446. The molecule has 110 valence electrons. The molecule has 0 radical (unpaired) electrons. The third-order valence-corrected chi connectivity index (χ3v) is 4.38. The Morgan fingerprint density at radius 2 is 2.00 bits per heavy atom. The standard InChI is InChI=1S/C16H23FN2O/c1-18-8-2-7-16(12-18)13-19(9-10-20-16)11-14-3-5-15(17)6-4-14/h3-6H,2,7-13H2,1H3/t16-/m1/s1. The lowest BCUT2D eigenvalue weighted by Crippen LogP contribution is -2.58. The van der Waals surface area contributed by atoms with Crippen LogP contribution < -0.4 is 0 Å². The molecular formula is C16H23FN2O. The summed E-state index contributed by atoms with van der Waals surface area (Å²) < 4.78 is 19.1. The molecule has 2 heterocycles. The van der Waals surface area contributed by atoms with Gasteiger partial charge in [0.2, 0.25) is 0 Å². The zero-order valence-corrected chi connectivity index (χ0v) is 12.1. The highest BCUT2D eigenvalue weighted by Crippen LogP contribution is 2.29. The van der Waals surface area contributed by atoms with E-state index in [1.165, 1.54) is 18.5 Å². The summed E-state index contributed by atoms with van der Waals surface area (Å²) in [6, 6.07) is 6.84. The van der Waals surface area contributed by atoms with Gasteiger partial charge in [-0.25, -0.2) is 4.39 Å². The molecule has 0 unspecified atom stereocenters. The van der Waals surface area contributed by atoms with Gasteiger partial charge in [0.1, 0.15) is 5.82 Å². The number of nitrogens with zero attached hydrogens (tertiary/aromatic N) is 2. The summed E-state index contributed by atoms with van der Waals surface area (Å²) in [7, 11) is 2.17. The molecule has 0 saturated carbocycles. The van der Waals surface area contributed by atoms with E-state index in [1.807, 2.05) is 12.1 Å². The van der Waals surface area contributed by atoms with Crippen LogP contribution in [0.4, 0.5) is 4.39 Å². The van der Waals surface area contributed by atoms with Crippen LogP contribution in [0.1, 0.15) is 18.4 Å². The van der Waals surface area contributed by atoms with Crippen LogP contribution in [0.2, 0.25) is 0 Å². The molecule has 2 aliphatic heterocycles.